The van der Waals surface area contributed by atoms with Crippen LogP contribution < -0.4 is 5.32 Å². The molecule has 0 radical (unpaired) electrons. The highest BCUT2D eigenvalue weighted by atomic mass is 16.5. The van der Waals surface area contributed by atoms with Crippen LogP contribution in [0.4, 0.5) is 0 Å². The number of carbonyl (C=O) groups is 2. The van der Waals surface area contributed by atoms with Crippen molar-refractivity contribution in [3.63, 3.8) is 0 Å². The van der Waals surface area contributed by atoms with Gasteiger partial charge in [-0.3, -0.25) is 9.59 Å². The molecule has 6 heteroatoms. The van der Waals surface area contributed by atoms with Crippen molar-refractivity contribution in [1.82, 2.24) is 5.32 Å². The van der Waals surface area contributed by atoms with E-state index < -0.39 is 12.1 Å². The van der Waals surface area contributed by atoms with Crippen LogP contribution in [0.1, 0.15) is 380 Å². The van der Waals surface area contributed by atoms with Crippen LogP contribution in [-0.2, 0) is 14.3 Å². The lowest BCUT2D eigenvalue weighted by molar-refractivity contribution is -0.143. The summed E-state index contributed by atoms with van der Waals surface area (Å²) >= 11 is 0. The minimum Gasteiger partial charge on any atom is -0.466 e. The third kappa shape index (κ3) is 61.4. The van der Waals surface area contributed by atoms with Crippen molar-refractivity contribution in [2.24, 2.45) is 0 Å². The van der Waals surface area contributed by atoms with E-state index in [0.717, 1.165) is 38.5 Å². The lowest BCUT2D eigenvalue weighted by atomic mass is 10.0. The number of esters is 1. The third-order valence-corrected chi connectivity index (χ3v) is 16.0. The Hall–Kier alpha value is -1.66. The number of aliphatic hydroxyl groups is 2. The maximum Gasteiger partial charge on any atom is 0.305 e. The third-order valence-electron chi connectivity index (χ3n) is 16.0. The molecule has 0 aromatic heterocycles. The molecule has 3 N–H and O–H groups in total. The molecule has 0 saturated heterocycles. The summed E-state index contributed by atoms with van der Waals surface area (Å²) in [5, 5.41) is 23.1. The first-order chi connectivity index (χ1) is 37.0. The first-order valence-corrected chi connectivity index (χ1v) is 34.1. The molecule has 0 spiro atoms. The maximum atomic E-state index is 12.5. The zero-order chi connectivity index (χ0) is 54.3. The Morgan fingerprint density at radius 1 is 0.360 bits per heavy atom. The normalized spacial score (nSPS) is 12.6. The zero-order valence-electron chi connectivity index (χ0n) is 50.8. The van der Waals surface area contributed by atoms with E-state index in [9.17, 15) is 19.8 Å². The predicted octanol–water partition coefficient (Wildman–Crippen LogP) is 21.8. The monoisotopic (exact) mass is 1060 g/mol. The highest BCUT2D eigenvalue weighted by Gasteiger charge is 2.18. The Balaban J connectivity index is 3.36. The second-order valence-corrected chi connectivity index (χ2v) is 23.5. The Labute approximate surface area is 469 Å². The highest BCUT2D eigenvalue weighted by molar-refractivity contribution is 5.76. The van der Waals surface area contributed by atoms with E-state index in [4.69, 9.17) is 4.74 Å². The van der Waals surface area contributed by atoms with E-state index in [1.165, 1.54) is 315 Å². The first kappa shape index (κ1) is 73.3. The molecular weight excluding hydrogens is 923 g/mol. The molecule has 0 aliphatic rings. The summed E-state index contributed by atoms with van der Waals surface area (Å²) < 4.78 is 5.49. The van der Waals surface area contributed by atoms with Crippen LogP contribution in [0.3, 0.4) is 0 Å². The van der Waals surface area contributed by atoms with Gasteiger partial charge in [-0.2, -0.15) is 0 Å². The Bertz CT molecular complexity index is 1170. The van der Waals surface area contributed by atoms with Gasteiger partial charge in [-0.1, -0.05) is 334 Å². The van der Waals surface area contributed by atoms with Gasteiger partial charge in [-0.15, -0.1) is 0 Å². The van der Waals surface area contributed by atoms with E-state index in [2.05, 4.69) is 31.3 Å². The van der Waals surface area contributed by atoms with Crippen molar-refractivity contribution in [1.29, 1.82) is 0 Å². The van der Waals surface area contributed by atoms with Crippen molar-refractivity contribution in [2.75, 3.05) is 13.2 Å². The maximum absolute atomic E-state index is 12.5. The van der Waals surface area contributed by atoms with Gasteiger partial charge in [-0.05, 0) is 57.8 Å². The van der Waals surface area contributed by atoms with Crippen LogP contribution in [0.25, 0.3) is 0 Å². The van der Waals surface area contributed by atoms with E-state index >= 15 is 0 Å². The fourth-order valence-electron chi connectivity index (χ4n) is 10.7. The standard InChI is InChI=1S/C69H133NO5/c1-3-5-7-9-11-13-15-17-38-41-45-49-53-57-61-67(72)66(65-71)70-68(73)62-58-54-50-46-42-39-35-33-31-29-27-25-23-21-19-18-20-22-24-26-28-30-32-34-36-40-44-48-52-56-60-64-75-69(74)63-59-55-51-47-43-37-16-14-12-10-8-6-4-2/h20,22,57,61,66-67,71-72H,3-19,21,23-56,58-60,62-65H2,1-2H3,(H,70,73)/b22-20-,61-57+. The number of nitrogens with one attached hydrogen (secondary N) is 1. The number of aliphatic hydroxyl groups excluding tert-OH is 2. The van der Waals surface area contributed by atoms with Crippen molar-refractivity contribution in [3.05, 3.63) is 24.3 Å². The summed E-state index contributed by atoms with van der Waals surface area (Å²) in [6.07, 6.45) is 81.1. The minimum absolute atomic E-state index is 0.0194. The number of allylic oxidation sites excluding steroid dienone is 3. The molecule has 0 heterocycles. The highest BCUT2D eigenvalue weighted by Crippen LogP contribution is 2.18. The van der Waals surface area contributed by atoms with Crippen molar-refractivity contribution in [2.45, 2.75) is 392 Å². The number of ether oxygens (including phenoxy) is 1. The minimum atomic E-state index is -0.842. The molecule has 0 bridgehead atoms. The number of unbranched alkanes of at least 4 members (excludes halogenated alkanes) is 51. The first-order valence-electron chi connectivity index (χ1n) is 34.1. The van der Waals surface area contributed by atoms with Gasteiger partial charge < -0.3 is 20.3 Å². The molecule has 0 saturated carbocycles. The number of hydrogen-bond acceptors (Lipinski definition) is 5. The molecule has 6 nitrogen and oxygen atoms in total. The summed E-state index contributed by atoms with van der Waals surface area (Å²) in [5.41, 5.74) is 0. The summed E-state index contributed by atoms with van der Waals surface area (Å²) in [6, 6.07) is -0.625. The molecule has 0 aromatic rings. The number of rotatable bonds is 64. The predicted molar refractivity (Wildman–Crippen MR) is 329 cm³/mol. The topological polar surface area (TPSA) is 95.9 Å². The Morgan fingerprint density at radius 2 is 0.627 bits per heavy atom. The summed E-state index contributed by atoms with van der Waals surface area (Å²) in [7, 11) is 0. The van der Waals surface area contributed by atoms with E-state index in [1.54, 1.807) is 6.08 Å². The number of amides is 1. The van der Waals surface area contributed by atoms with Gasteiger partial charge in [-0.25, -0.2) is 0 Å². The summed E-state index contributed by atoms with van der Waals surface area (Å²) in [6.45, 7) is 4.93. The Morgan fingerprint density at radius 3 is 0.947 bits per heavy atom. The SMILES string of the molecule is CCCCCCCCCCCCCC/C=C/C(O)C(CO)NC(=O)CCCCCCCCCCCCCCCCC/C=C\CCCCCCCCCCCCCCOC(=O)CCCCCCCCCCCCCCC. The summed E-state index contributed by atoms with van der Waals surface area (Å²) in [4.78, 5) is 24.5. The van der Waals surface area contributed by atoms with E-state index in [-0.39, 0.29) is 18.5 Å². The fourth-order valence-corrected chi connectivity index (χ4v) is 10.7. The lowest BCUT2D eigenvalue weighted by Crippen LogP contribution is -2.45. The van der Waals surface area contributed by atoms with Gasteiger partial charge in [0, 0.05) is 12.8 Å². The van der Waals surface area contributed by atoms with Crippen LogP contribution in [0.5, 0.6) is 0 Å². The van der Waals surface area contributed by atoms with Gasteiger partial charge in [0.15, 0.2) is 0 Å². The van der Waals surface area contributed by atoms with E-state index in [1.807, 2.05) is 6.08 Å². The van der Waals surface area contributed by atoms with Crippen LogP contribution in [0.15, 0.2) is 24.3 Å². The molecule has 2 atom stereocenters. The molecule has 0 aliphatic heterocycles. The molecule has 0 aliphatic carbocycles. The molecule has 1 amide bonds. The second-order valence-electron chi connectivity index (χ2n) is 23.5. The van der Waals surface area contributed by atoms with Crippen molar-refractivity contribution >= 4 is 11.9 Å². The molecule has 0 aromatic carbocycles. The van der Waals surface area contributed by atoms with Crippen LogP contribution in [0, 0.1) is 0 Å². The zero-order valence-corrected chi connectivity index (χ0v) is 50.8. The lowest BCUT2D eigenvalue weighted by Gasteiger charge is -2.20. The average Bonchev–Trinajstić information content (AvgIpc) is 3.41. The van der Waals surface area contributed by atoms with Crippen LogP contribution in [0.2, 0.25) is 0 Å². The second kappa shape index (κ2) is 64.9. The largest absolute Gasteiger partial charge is 0.466 e. The van der Waals surface area contributed by atoms with Gasteiger partial charge in [0.05, 0.1) is 25.4 Å². The van der Waals surface area contributed by atoms with Gasteiger partial charge in [0.2, 0.25) is 5.91 Å². The van der Waals surface area contributed by atoms with Gasteiger partial charge in [0.25, 0.3) is 0 Å². The quantitative estimate of drug-likeness (QED) is 0.0320. The van der Waals surface area contributed by atoms with Crippen molar-refractivity contribution < 1.29 is 24.5 Å². The molecule has 0 rings (SSSR count). The van der Waals surface area contributed by atoms with Crippen LogP contribution in [-0.4, -0.2) is 47.4 Å². The Kier molecular flexibility index (Phi) is 63.4. The molecule has 2 unspecified atom stereocenters. The van der Waals surface area contributed by atoms with Crippen molar-refractivity contribution in [3.8, 4) is 0 Å². The summed E-state index contributed by atoms with van der Waals surface area (Å²) in [5.74, 6) is -0.0446. The molecular formula is C69H133NO5. The molecule has 444 valence electrons. The molecule has 75 heavy (non-hydrogen) atoms. The van der Waals surface area contributed by atoms with Crippen LogP contribution >= 0.6 is 0 Å². The number of hydrogen-bond donors (Lipinski definition) is 3. The molecule has 0 fully saturated rings. The number of carbonyl (C=O) groups excluding carboxylic acids is 2. The smallest absolute Gasteiger partial charge is 0.305 e. The van der Waals surface area contributed by atoms with Gasteiger partial charge in [0.1, 0.15) is 0 Å². The van der Waals surface area contributed by atoms with Gasteiger partial charge >= 0.3 is 5.97 Å². The van der Waals surface area contributed by atoms with E-state index in [0.29, 0.717) is 19.4 Å². The average molecular weight is 1060 g/mol. The fraction of sp³-hybridized carbons (Fsp3) is 0.913.